The Morgan fingerprint density at radius 2 is 1.92 bits per heavy atom. The smallest absolute Gasteiger partial charge is 0.251 e. The highest BCUT2D eigenvalue weighted by Crippen LogP contribution is 2.20. The van der Waals surface area contributed by atoms with Crippen LogP contribution < -0.4 is 5.32 Å². The first-order chi connectivity index (χ1) is 11.7. The third-order valence-corrected chi connectivity index (χ3v) is 4.73. The number of furan rings is 1. The minimum atomic E-state index is -0.0468. The molecule has 0 aliphatic rings. The van der Waals surface area contributed by atoms with Crippen molar-refractivity contribution in [2.45, 2.75) is 25.6 Å². The van der Waals surface area contributed by atoms with Crippen molar-refractivity contribution in [1.82, 2.24) is 10.2 Å². The average molecular weight is 346 g/mol. The maximum Gasteiger partial charge on any atom is 0.251 e. The molecule has 0 bridgehead atoms. The molecule has 4 nitrogen and oxygen atoms in total. The van der Waals surface area contributed by atoms with Crippen molar-refractivity contribution in [2.75, 3.05) is 25.9 Å². The second-order valence-electron chi connectivity index (χ2n) is 5.59. The molecule has 0 aliphatic carbocycles. The highest BCUT2D eigenvalue weighted by Gasteiger charge is 2.21. The molecule has 0 saturated heterocycles. The third-order valence-electron chi connectivity index (χ3n) is 4.11. The lowest BCUT2D eigenvalue weighted by atomic mass is 10.1. The van der Waals surface area contributed by atoms with Crippen LogP contribution in [0.25, 0.3) is 0 Å². The summed E-state index contributed by atoms with van der Waals surface area (Å²) in [4.78, 5) is 14.7. The van der Waals surface area contributed by atoms with Gasteiger partial charge < -0.3 is 9.73 Å². The van der Waals surface area contributed by atoms with Crippen LogP contribution in [0.3, 0.4) is 0 Å². The van der Waals surface area contributed by atoms with E-state index in [2.05, 4.69) is 30.3 Å². The molecular formula is C19H26N2O2S. The number of hydrogen-bond donors (Lipinski definition) is 1. The second kappa shape index (κ2) is 9.55. The van der Waals surface area contributed by atoms with Gasteiger partial charge in [-0.05, 0) is 49.2 Å². The fourth-order valence-corrected chi connectivity index (χ4v) is 3.29. The number of thioether (sulfide) groups is 1. The molecule has 1 amide bonds. The molecule has 0 spiro atoms. The van der Waals surface area contributed by atoms with Gasteiger partial charge >= 0.3 is 0 Å². The number of benzene rings is 1. The molecule has 0 saturated carbocycles. The Bertz CT molecular complexity index is 607. The summed E-state index contributed by atoms with van der Waals surface area (Å²) in [5.41, 5.74) is 1.92. The maximum absolute atomic E-state index is 12.4. The maximum atomic E-state index is 12.4. The lowest BCUT2D eigenvalue weighted by Crippen LogP contribution is -2.37. The van der Waals surface area contributed by atoms with Crippen molar-refractivity contribution in [3.05, 3.63) is 59.5 Å². The van der Waals surface area contributed by atoms with Gasteiger partial charge in [-0.1, -0.05) is 26.0 Å². The molecule has 24 heavy (non-hydrogen) atoms. The van der Waals surface area contributed by atoms with Crippen LogP contribution in [0.4, 0.5) is 0 Å². The Labute approximate surface area is 148 Å². The summed E-state index contributed by atoms with van der Waals surface area (Å²) in [6.45, 7) is 6.57. The van der Waals surface area contributed by atoms with Gasteiger partial charge in [0.1, 0.15) is 5.76 Å². The SMILES string of the molecule is CCN(CC)C(CNC(=O)c1ccc(CSC)cc1)c1ccco1. The van der Waals surface area contributed by atoms with Crippen LogP contribution in [-0.4, -0.2) is 36.7 Å². The Morgan fingerprint density at radius 1 is 1.21 bits per heavy atom. The van der Waals surface area contributed by atoms with Crippen LogP contribution in [0.15, 0.2) is 47.1 Å². The van der Waals surface area contributed by atoms with E-state index in [-0.39, 0.29) is 11.9 Å². The normalized spacial score (nSPS) is 12.3. The molecule has 5 heteroatoms. The van der Waals surface area contributed by atoms with Crippen LogP contribution in [-0.2, 0) is 5.75 Å². The van der Waals surface area contributed by atoms with Crippen LogP contribution in [0, 0.1) is 0 Å². The highest BCUT2D eigenvalue weighted by molar-refractivity contribution is 7.97. The third kappa shape index (κ3) is 4.89. The second-order valence-corrected chi connectivity index (χ2v) is 6.46. The standard InChI is InChI=1S/C19H26N2O2S/c1-4-21(5-2)17(18-7-6-12-23-18)13-20-19(22)16-10-8-15(9-11-16)14-24-3/h6-12,17H,4-5,13-14H2,1-3H3,(H,20,22). The van der Waals surface area contributed by atoms with Gasteiger partial charge in [-0.15, -0.1) is 0 Å². The molecule has 0 aliphatic heterocycles. The molecule has 1 N–H and O–H groups in total. The number of likely N-dealkylation sites (N-methyl/N-ethyl adjacent to an activating group) is 1. The molecule has 1 aromatic carbocycles. The number of carbonyl (C=O) groups is 1. The largest absolute Gasteiger partial charge is 0.468 e. The molecule has 2 aromatic rings. The summed E-state index contributed by atoms with van der Waals surface area (Å²) in [5, 5.41) is 3.04. The molecule has 130 valence electrons. The Kier molecular flexibility index (Phi) is 7.40. The van der Waals surface area contributed by atoms with Crippen molar-refractivity contribution in [2.24, 2.45) is 0 Å². The summed E-state index contributed by atoms with van der Waals surface area (Å²) in [6, 6.07) is 11.7. The van der Waals surface area contributed by atoms with E-state index in [9.17, 15) is 4.79 Å². The fraction of sp³-hybridized carbons (Fsp3) is 0.421. The molecule has 1 atom stereocenters. The van der Waals surface area contributed by atoms with Gasteiger partial charge in [-0.25, -0.2) is 0 Å². The van der Waals surface area contributed by atoms with Gasteiger partial charge in [-0.2, -0.15) is 11.8 Å². The van der Waals surface area contributed by atoms with Gasteiger partial charge in [-0.3, -0.25) is 9.69 Å². The summed E-state index contributed by atoms with van der Waals surface area (Å²) in [6.07, 6.45) is 3.75. The predicted octanol–water partition coefficient (Wildman–Crippen LogP) is 3.96. The summed E-state index contributed by atoms with van der Waals surface area (Å²) >= 11 is 1.77. The lowest BCUT2D eigenvalue weighted by Gasteiger charge is -2.28. The van der Waals surface area contributed by atoms with E-state index in [0.717, 1.165) is 24.6 Å². The lowest BCUT2D eigenvalue weighted by molar-refractivity contribution is 0.0929. The summed E-state index contributed by atoms with van der Waals surface area (Å²) in [7, 11) is 0. The molecule has 0 fully saturated rings. The van der Waals surface area contributed by atoms with Crippen LogP contribution in [0.2, 0.25) is 0 Å². The minimum Gasteiger partial charge on any atom is -0.468 e. The van der Waals surface area contributed by atoms with E-state index in [0.29, 0.717) is 12.1 Å². The van der Waals surface area contributed by atoms with Gasteiger partial charge in [0, 0.05) is 17.9 Å². The van der Waals surface area contributed by atoms with Crippen LogP contribution in [0.5, 0.6) is 0 Å². The molecule has 1 heterocycles. The van der Waals surface area contributed by atoms with Gasteiger partial charge in [0.15, 0.2) is 0 Å². The number of nitrogens with one attached hydrogen (secondary N) is 1. The van der Waals surface area contributed by atoms with Crippen molar-refractivity contribution in [3.8, 4) is 0 Å². The van der Waals surface area contributed by atoms with E-state index in [1.165, 1.54) is 5.56 Å². The first-order valence-electron chi connectivity index (χ1n) is 8.33. The van der Waals surface area contributed by atoms with E-state index >= 15 is 0 Å². The highest BCUT2D eigenvalue weighted by atomic mass is 32.2. The summed E-state index contributed by atoms with van der Waals surface area (Å²) in [5.74, 6) is 1.80. The zero-order chi connectivity index (χ0) is 17.4. The Morgan fingerprint density at radius 3 is 2.46 bits per heavy atom. The van der Waals surface area contributed by atoms with Crippen LogP contribution >= 0.6 is 11.8 Å². The molecule has 2 rings (SSSR count). The molecule has 0 radical (unpaired) electrons. The average Bonchev–Trinajstić information content (AvgIpc) is 3.13. The van der Waals surface area contributed by atoms with E-state index in [1.54, 1.807) is 18.0 Å². The molecule has 1 unspecified atom stereocenters. The zero-order valence-corrected chi connectivity index (χ0v) is 15.4. The first kappa shape index (κ1) is 18.6. The number of carbonyl (C=O) groups excluding carboxylic acids is 1. The van der Waals surface area contributed by atoms with Crippen molar-refractivity contribution < 1.29 is 9.21 Å². The van der Waals surface area contributed by atoms with Crippen molar-refractivity contribution in [1.29, 1.82) is 0 Å². The van der Waals surface area contributed by atoms with Gasteiger partial charge in [0.2, 0.25) is 0 Å². The Hall–Kier alpha value is -1.72. The number of amides is 1. The quantitative estimate of drug-likeness (QED) is 0.746. The predicted molar refractivity (Wildman–Crippen MR) is 100 cm³/mol. The summed E-state index contributed by atoms with van der Waals surface area (Å²) < 4.78 is 5.57. The van der Waals surface area contributed by atoms with Crippen molar-refractivity contribution >= 4 is 17.7 Å². The number of rotatable bonds is 9. The Balaban J connectivity index is 2.01. The minimum absolute atomic E-state index is 0.0468. The number of nitrogens with zero attached hydrogens (tertiary/aromatic N) is 1. The van der Waals surface area contributed by atoms with E-state index in [1.807, 2.05) is 36.4 Å². The monoisotopic (exact) mass is 346 g/mol. The van der Waals surface area contributed by atoms with Gasteiger partial charge in [0.25, 0.3) is 5.91 Å². The van der Waals surface area contributed by atoms with E-state index in [4.69, 9.17) is 4.42 Å². The van der Waals surface area contributed by atoms with Crippen LogP contribution in [0.1, 0.15) is 41.6 Å². The molecule has 1 aromatic heterocycles. The van der Waals surface area contributed by atoms with Crippen molar-refractivity contribution in [3.63, 3.8) is 0 Å². The number of hydrogen-bond acceptors (Lipinski definition) is 4. The fourth-order valence-electron chi connectivity index (χ4n) is 2.77. The zero-order valence-electron chi connectivity index (χ0n) is 14.6. The molecular weight excluding hydrogens is 320 g/mol. The van der Waals surface area contributed by atoms with E-state index < -0.39 is 0 Å². The topological polar surface area (TPSA) is 45.5 Å². The van der Waals surface area contributed by atoms with Gasteiger partial charge in [0.05, 0.1) is 12.3 Å². The first-order valence-corrected chi connectivity index (χ1v) is 9.72.